The molecule has 0 amide bonds. The highest BCUT2D eigenvalue weighted by molar-refractivity contribution is 7.07. The van der Waals surface area contributed by atoms with Crippen LogP contribution in [-0.4, -0.2) is 16.8 Å². The quantitative estimate of drug-likeness (QED) is 0.791. The SMILES string of the molecule is Oc1c(Cl)cccc1CNCC(O)c1ccsc1. The number of rotatable bonds is 5. The van der Waals surface area contributed by atoms with Crippen LogP contribution in [0.15, 0.2) is 35.0 Å². The number of phenolic OH excluding ortho intramolecular Hbond substituents is 1. The van der Waals surface area contributed by atoms with Gasteiger partial charge in [0.2, 0.25) is 0 Å². The van der Waals surface area contributed by atoms with Crippen molar-refractivity contribution >= 4 is 22.9 Å². The van der Waals surface area contributed by atoms with Gasteiger partial charge in [0.05, 0.1) is 11.1 Å². The van der Waals surface area contributed by atoms with Crippen LogP contribution in [0.2, 0.25) is 5.02 Å². The maximum Gasteiger partial charge on any atom is 0.138 e. The van der Waals surface area contributed by atoms with Gasteiger partial charge in [0.15, 0.2) is 0 Å². The second kappa shape index (κ2) is 6.20. The molecule has 0 aliphatic heterocycles. The van der Waals surface area contributed by atoms with Gasteiger partial charge in [-0.2, -0.15) is 11.3 Å². The predicted octanol–water partition coefficient (Wildman–Crippen LogP) is 2.93. The number of aliphatic hydroxyl groups excluding tert-OH is 1. The lowest BCUT2D eigenvalue weighted by atomic mass is 10.1. The Morgan fingerprint density at radius 1 is 1.33 bits per heavy atom. The molecule has 1 atom stereocenters. The zero-order valence-corrected chi connectivity index (χ0v) is 11.2. The van der Waals surface area contributed by atoms with Crippen molar-refractivity contribution in [2.24, 2.45) is 0 Å². The van der Waals surface area contributed by atoms with E-state index in [4.69, 9.17) is 11.6 Å². The van der Waals surface area contributed by atoms with Gasteiger partial charge in [-0.25, -0.2) is 0 Å². The molecule has 18 heavy (non-hydrogen) atoms. The topological polar surface area (TPSA) is 52.5 Å². The van der Waals surface area contributed by atoms with Crippen LogP contribution in [-0.2, 0) is 6.54 Å². The molecule has 1 heterocycles. The molecular formula is C13H14ClNO2S. The lowest BCUT2D eigenvalue weighted by Crippen LogP contribution is -2.20. The summed E-state index contributed by atoms with van der Waals surface area (Å²) in [7, 11) is 0. The van der Waals surface area contributed by atoms with Crippen molar-refractivity contribution in [3.63, 3.8) is 0 Å². The number of phenols is 1. The normalized spacial score (nSPS) is 12.6. The van der Waals surface area contributed by atoms with E-state index in [0.29, 0.717) is 18.1 Å². The van der Waals surface area contributed by atoms with Crippen molar-refractivity contribution in [3.05, 3.63) is 51.2 Å². The Morgan fingerprint density at radius 3 is 2.89 bits per heavy atom. The van der Waals surface area contributed by atoms with Crippen molar-refractivity contribution in [2.45, 2.75) is 12.6 Å². The smallest absolute Gasteiger partial charge is 0.138 e. The predicted molar refractivity (Wildman–Crippen MR) is 74.1 cm³/mol. The summed E-state index contributed by atoms with van der Waals surface area (Å²) < 4.78 is 0. The third-order valence-electron chi connectivity index (χ3n) is 2.65. The van der Waals surface area contributed by atoms with E-state index < -0.39 is 6.10 Å². The van der Waals surface area contributed by atoms with Crippen molar-refractivity contribution < 1.29 is 10.2 Å². The number of benzene rings is 1. The number of hydrogen-bond donors (Lipinski definition) is 3. The lowest BCUT2D eigenvalue weighted by Gasteiger charge is -2.11. The first-order valence-electron chi connectivity index (χ1n) is 5.55. The molecule has 1 unspecified atom stereocenters. The zero-order valence-electron chi connectivity index (χ0n) is 9.64. The van der Waals surface area contributed by atoms with Gasteiger partial charge < -0.3 is 15.5 Å². The fourth-order valence-electron chi connectivity index (χ4n) is 1.63. The number of aliphatic hydroxyl groups is 1. The molecule has 0 spiro atoms. The summed E-state index contributed by atoms with van der Waals surface area (Å²) >= 11 is 7.37. The first kappa shape index (κ1) is 13.4. The summed E-state index contributed by atoms with van der Waals surface area (Å²) in [5, 5.41) is 26.9. The molecule has 1 aromatic carbocycles. The van der Waals surface area contributed by atoms with E-state index in [9.17, 15) is 10.2 Å². The van der Waals surface area contributed by atoms with E-state index in [1.54, 1.807) is 29.5 Å². The average Bonchev–Trinajstić information content (AvgIpc) is 2.88. The lowest BCUT2D eigenvalue weighted by molar-refractivity contribution is 0.174. The van der Waals surface area contributed by atoms with Crippen molar-refractivity contribution in [3.8, 4) is 5.75 Å². The Bertz CT molecular complexity index is 502. The Labute approximate surface area is 115 Å². The molecule has 1 aromatic heterocycles. The van der Waals surface area contributed by atoms with Crippen LogP contribution in [0.3, 0.4) is 0 Å². The van der Waals surface area contributed by atoms with E-state index in [-0.39, 0.29) is 5.75 Å². The van der Waals surface area contributed by atoms with Crippen LogP contribution in [0, 0.1) is 0 Å². The maximum atomic E-state index is 9.87. The summed E-state index contributed by atoms with van der Waals surface area (Å²) in [5.41, 5.74) is 1.63. The van der Waals surface area contributed by atoms with Gasteiger partial charge in [0, 0.05) is 18.7 Å². The van der Waals surface area contributed by atoms with Crippen molar-refractivity contribution in [1.82, 2.24) is 5.32 Å². The Hall–Kier alpha value is -1.07. The van der Waals surface area contributed by atoms with E-state index in [0.717, 1.165) is 11.1 Å². The first-order valence-corrected chi connectivity index (χ1v) is 6.88. The standard InChI is InChI=1S/C13H14ClNO2S/c14-11-3-1-2-9(13(11)17)6-15-7-12(16)10-4-5-18-8-10/h1-5,8,12,15-17H,6-7H2. The largest absolute Gasteiger partial charge is 0.506 e. The van der Waals surface area contributed by atoms with E-state index >= 15 is 0 Å². The van der Waals surface area contributed by atoms with Crippen LogP contribution in [0.4, 0.5) is 0 Å². The van der Waals surface area contributed by atoms with Gasteiger partial charge in [-0.15, -0.1) is 0 Å². The average molecular weight is 284 g/mol. The molecule has 0 saturated heterocycles. The third kappa shape index (κ3) is 3.23. The summed E-state index contributed by atoms with van der Waals surface area (Å²) in [6, 6.07) is 7.12. The number of para-hydroxylation sites is 1. The molecule has 96 valence electrons. The molecule has 3 nitrogen and oxygen atoms in total. The van der Waals surface area contributed by atoms with Gasteiger partial charge in [-0.1, -0.05) is 23.7 Å². The number of nitrogens with one attached hydrogen (secondary N) is 1. The Morgan fingerprint density at radius 2 is 2.17 bits per heavy atom. The summed E-state index contributed by atoms with van der Waals surface area (Å²) in [5.74, 6) is 0.0942. The van der Waals surface area contributed by atoms with E-state index in [2.05, 4.69) is 5.32 Å². The third-order valence-corrected chi connectivity index (χ3v) is 3.66. The molecule has 0 bridgehead atoms. The monoisotopic (exact) mass is 283 g/mol. The van der Waals surface area contributed by atoms with Crippen LogP contribution in [0.5, 0.6) is 5.75 Å². The van der Waals surface area contributed by atoms with Crippen LogP contribution in [0.1, 0.15) is 17.2 Å². The van der Waals surface area contributed by atoms with Crippen LogP contribution in [0.25, 0.3) is 0 Å². The molecule has 0 saturated carbocycles. The second-order valence-corrected chi connectivity index (χ2v) is 5.14. The van der Waals surface area contributed by atoms with Crippen LogP contribution >= 0.6 is 22.9 Å². The summed E-state index contributed by atoms with van der Waals surface area (Å²) in [6.07, 6.45) is -0.530. The molecule has 5 heteroatoms. The van der Waals surface area contributed by atoms with Gasteiger partial charge >= 0.3 is 0 Å². The highest BCUT2D eigenvalue weighted by Crippen LogP contribution is 2.26. The number of aromatic hydroxyl groups is 1. The Kier molecular flexibility index (Phi) is 4.60. The Balaban J connectivity index is 1.87. The number of hydrogen-bond acceptors (Lipinski definition) is 4. The fraction of sp³-hybridized carbons (Fsp3) is 0.231. The maximum absolute atomic E-state index is 9.87. The van der Waals surface area contributed by atoms with Crippen molar-refractivity contribution in [2.75, 3.05) is 6.54 Å². The number of thiophene rings is 1. The number of halogens is 1. The second-order valence-electron chi connectivity index (χ2n) is 3.95. The van der Waals surface area contributed by atoms with E-state index in [1.807, 2.05) is 16.8 Å². The van der Waals surface area contributed by atoms with Gasteiger partial charge in [0.25, 0.3) is 0 Å². The minimum atomic E-state index is -0.530. The van der Waals surface area contributed by atoms with Crippen molar-refractivity contribution in [1.29, 1.82) is 0 Å². The van der Waals surface area contributed by atoms with E-state index in [1.165, 1.54) is 0 Å². The van der Waals surface area contributed by atoms with Crippen LogP contribution < -0.4 is 5.32 Å². The van der Waals surface area contributed by atoms with Gasteiger partial charge in [-0.3, -0.25) is 0 Å². The molecule has 3 N–H and O–H groups in total. The van der Waals surface area contributed by atoms with Gasteiger partial charge in [-0.05, 0) is 28.5 Å². The molecule has 2 aromatic rings. The zero-order chi connectivity index (χ0) is 13.0. The molecule has 0 radical (unpaired) electrons. The highest BCUT2D eigenvalue weighted by atomic mass is 35.5. The summed E-state index contributed by atoms with van der Waals surface area (Å²) in [6.45, 7) is 0.899. The molecule has 0 aliphatic carbocycles. The summed E-state index contributed by atoms with van der Waals surface area (Å²) in [4.78, 5) is 0. The molecule has 0 aliphatic rings. The molecule has 2 rings (SSSR count). The highest BCUT2D eigenvalue weighted by Gasteiger charge is 2.08. The minimum Gasteiger partial charge on any atom is -0.506 e. The minimum absolute atomic E-state index is 0.0942. The molecule has 0 fully saturated rings. The van der Waals surface area contributed by atoms with Gasteiger partial charge in [0.1, 0.15) is 5.75 Å². The first-order chi connectivity index (χ1) is 8.68. The fourth-order valence-corrected chi connectivity index (χ4v) is 2.53. The molecular weight excluding hydrogens is 270 g/mol.